The van der Waals surface area contributed by atoms with Crippen molar-refractivity contribution in [2.24, 2.45) is 50.6 Å². The van der Waals surface area contributed by atoms with E-state index >= 15 is 19.2 Å². The Morgan fingerprint density at radius 2 is 1.31 bits per heavy atom. The van der Waals surface area contributed by atoms with Crippen LogP contribution in [0.3, 0.4) is 0 Å². The lowest BCUT2D eigenvalue weighted by Gasteiger charge is -2.67. The van der Waals surface area contributed by atoms with E-state index < -0.39 is 198 Å². The summed E-state index contributed by atoms with van der Waals surface area (Å²) in [5, 5.41) is 72.5. The van der Waals surface area contributed by atoms with E-state index in [2.05, 4.69) is 31.6 Å². The van der Waals surface area contributed by atoms with E-state index in [4.69, 9.17) is 46.6 Å². The molecule has 5 amide bonds. The van der Waals surface area contributed by atoms with Gasteiger partial charge in [0.1, 0.15) is 66.0 Å². The van der Waals surface area contributed by atoms with Crippen LogP contribution in [0.2, 0.25) is 0 Å². The van der Waals surface area contributed by atoms with Crippen molar-refractivity contribution >= 4 is 71.1 Å². The molecule has 0 spiro atoms. The molecule has 10 unspecified atom stereocenters. The Morgan fingerprint density at radius 3 is 1.89 bits per heavy atom. The molecular formula is C75H96N10O21. The molecule has 8 rings (SSSR count). The maximum atomic E-state index is 16.0. The fourth-order valence-electron chi connectivity index (χ4n) is 14.7. The number of benzene rings is 4. The molecule has 16 atom stereocenters. The minimum Gasteiger partial charge on any atom is -0.508 e. The first-order chi connectivity index (χ1) is 50.1. The molecule has 3 fully saturated rings. The van der Waals surface area contributed by atoms with Crippen LogP contribution in [-0.4, -0.2) is 194 Å². The number of esters is 4. The van der Waals surface area contributed by atoms with Crippen molar-refractivity contribution in [1.29, 1.82) is 0 Å². The number of nitrogens with two attached hydrogens (primary N) is 4. The number of fused-ring (bicyclic) bond motifs is 5. The SMILES string of the molecule is CC(=O)O[C@]12CO[C@@H]1C[C@H](O)[C@@]1(C)C(=O)[C@H](O)C3=C(C)C(OC(=O)C(OC(=O)C(Cc4ccc(O)cc4)NC(=O)C(NC(=O)C(CC(=O)O)NC(=O)C(CCCCN)NC(=O)C(N)CCCN=C(N)N)C(C)C)C(NC(=O)c4ccccc4)c4ccccc4)C[C@@](O)(C(OC(=O)c4ccccc4)C21)C3(C)C. The zero-order valence-corrected chi connectivity index (χ0v) is 60.1. The van der Waals surface area contributed by atoms with Gasteiger partial charge in [0, 0.05) is 43.7 Å². The van der Waals surface area contributed by atoms with Gasteiger partial charge in [-0.1, -0.05) is 107 Å². The maximum Gasteiger partial charge on any atom is 0.350 e. The summed E-state index contributed by atoms with van der Waals surface area (Å²) < 4.78 is 31.4. The van der Waals surface area contributed by atoms with Crippen molar-refractivity contribution in [1.82, 2.24) is 26.6 Å². The van der Waals surface area contributed by atoms with Gasteiger partial charge in [0.25, 0.3) is 5.91 Å². The number of nitrogens with one attached hydrogen (secondary N) is 5. The lowest BCUT2D eigenvalue weighted by Crippen LogP contribution is -2.81. The number of rotatable bonds is 32. The average Bonchev–Trinajstić information content (AvgIpc) is 0.670. The predicted octanol–water partition coefficient (Wildman–Crippen LogP) is 1.24. The molecule has 1 aliphatic heterocycles. The Hall–Kier alpha value is -10.2. The van der Waals surface area contributed by atoms with Gasteiger partial charge in [-0.25, -0.2) is 14.4 Å². The van der Waals surface area contributed by atoms with E-state index in [9.17, 15) is 59.1 Å². The molecule has 2 saturated carbocycles. The quantitative estimate of drug-likeness (QED) is 0.00817. The monoisotopic (exact) mass is 1470 g/mol. The summed E-state index contributed by atoms with van der Waals surface area (Å²) in [5.41, 5.74) is 14.2. The second-order valence-corrected chi connectivity index (χ2v) is 28.4. The number of hydrogen-bond acceptors (Lipinski definition) is 23. The fourth-order valence-corrected chi connectivity index (χ4v) is 14.7. The summed E-state index contributed by atoms with van der Waals surface area (Å²) in [6.07, 6.45) is -12.8. The third kappa shape index (κ3) is 18.2. The Bertz CT molecular complexity index is 3940. The number of carbonyl (C=O) groups is 11. The number of carboxylic acid groups (broad SMARTS) is 1. The molecule has 18 N–H and O–H groups in total. The number of phenols is 1. The summed E-state index contributed by atoms with van der Waals surface area (Å²) >= 11 is 0. The first-order valence-electron chi connectivity index (χ1n) is 35.0. The molecule has 31 heteroatoms. The third-order valence-corrected chi connectivity index (χ3v) is 20.6. The molecule has 31 nitrogen and oxygen atoms in total. The number of carbonyl (C=O) groups excluding carboxylic acids is 10. The summed E-state index contributed by atoms with van der Waals surface area (Å²) in [5.74, 6) is -15.2. The van der Waals surface area contributed by atoms with E-state index in [0.717, 1.165) is 6.92 Å². The number of aromatic hydroxyl groups is 1. The molecule has 1 saturated heterocycles. The van der Waals surface area contributed by atoms with Crippen LogP contribution in [0.5, 0.6) is 5.75 Å². The molecule has 106 heavy (non-hydrogen) atoms. The zero-order chi connectivity index (χ0) is 77.8. The van der Waals surface area contributed by atoms with Gasteiger partial charge in [-0.05, 0) is 117 Å². The second-order valence-electron chi connectivity index (χ2n) is 28.4. The van der Waals surface area contributed by atoms with Gasteiger partial charge < -0.3 is 98.7 Å². The highest BCUT2D eigenvalue weighted by molar-refractivity contribution is 5.99. The van der Waals surface area contributed by atoms with Gasteiger partial charge in [-0.15, -0.1) is 0 Å². The molecule has 4 aliphatic rings. The molecule has 572 valence electrons. The average molecular weight is 1470 g/mol. The van der Waals surface area contributed by atoms with Crippen LogP contribution in [0.15, 0.2) is 131 Å². The van der Waals surface area contributed by atoms with Crippen molar-refractivity contribution in [2.75, 3.05) is 19.7 Å². The number of unbranched alkanes of at least 4 members (excludes halogenated alkanes) is 1. The highest BCUT2D eigenvalue weighted by atomic mass is 16.6. The van der Waals surface area contributed by atoms with Crippen molar-refractivity contribution in [3.8, 4) is 5.75 Å². The smallest absolute Gasteiger partial charge is 0.350 e. The minimum atomic E-state index is -2.63. The maximum absolute atomic E-state index is 16.0. The number of carboxylic acids is 1. The van der Waals surface area contributed by atoms with E-state index in [1.54, 1.807) is 54.6 Å². The number of Topliss-reactive ketones (excluding diaryl/α,β-unsaturated/α-hetero) is 1. The number of ether oxygens (including phenoxy) is 5. The molecular weight excluding hydrogens is 1380 g/mol. The topological polar surface area (TPSA) is 512 Å². The van der Waals surface area contributed by atoms with Gasteiger partial charge in [0.05, 0.1) is 42.1 Å². The molecule has 0 aromatic heterocycles. The van der Waals surface area contributed by atoms with E-state index in [0.29, 0.717) is 19.3 Å². The Labute approximate surface area is 612 Å². The van der Waals surface area contributed by atoms with Gasteiger partial charge >= 0.3 is 29.8 Å². The summed E-state index contributed by atoms with van der Waals surface area (Å²) in [7, 11) is 0. The lowest BCUT2D eigenvalue weighted by molar-refractivity contribution is -0.346. The fraction of sp³-hybridized carbons (Fsp3) is 0.493. The van der Waals surface area contributed by atoms with Crippen molar-refractivity contribution in [3.05, 3.63) is 149 Å². The highest BCUT2D eigenvalue weighted by Crippen LogP contribution is 2.64. The molecule has 2 bridgehead atoms. The largest absolute Gasteiger partial charge is 0.508 e. The van der Waals surface area contributed by atoms with Crippen molar-refractivity contribution in [2.45, 2.75) is 190 Å². The summed E-state index contributed by atoms with van der Waals surface area (Å²) in [6, 6.07) is 18.6. The first-order valence-corrected chi connectivity index (χ1v) is 35.0. The summed E-state index contributed by atoms with van der Waals surface area (Å²) in [6.45, 7) is 9.67. The Kier molecular flexibility index (Phi) is 26.8. The third-order valence-electron chi connectivity index (χ3n) is 20.6. The Balaban J connectivity index is 1.19. The van der Waals surface area contributed by atoms with E-state index in [1.165, 1.54) is 102 Å². The number of nitrogens with zero attached hydrogens (tertiary/aromatic N) is 1. The number of amides is 5. The highest BCUT2D eigenvalue weighted by Gasteiger charge is 2.78. The molecule has 4 aromatic carbocycles. The first kappa shape index (κ1) is 81.5. The lowest BCUT2D eigenvalue weighted by atomic mass is 9.44. The van der Waals surface area contributed by atoms with Crippen LogP contribution in [0.4, 0.5) is 0 Å². The van der Waals surface area contributed by atoms with Gasteiger partial charge in [-0.2, -0.15) is 0 Å². The standard InChI is InChI=1S/C75H96N10O21/c1-39(2)56(84-66(96)49(35-54(89)90)82-65(95)48(27-17-18-32-76)81-64(94)47(77)26-19-33-80-71(78)79)67(97)83-50(34-42-28-30-46(87)31-29-42)69(99)104-59(57(43-20-11-8-12-21-43)85-63(93)44-22-13-9-14-23-44)70(100)103-51-37-75(101)62(105-68(98)45-24-15-10-16-25-45)60-73(7,61(92)58(91)55(40(51)3)72(75,5)6)52(88)36-53-74(60,38-102-53)106-41(4)86/h8-16,20-25,28-31,39,47-53,56-60,62,87-88,91,101H,17-19,26-27,32-38,76-77H2,1-7H3,(H,81,94)(H,82,95)(H,83,97)(H,84,96)(H,85,93)(H,89,90)(H4,78,79,80)/t47?,48?,49?,50?,51?,52-,53+,56?,57?,58+,59?,60?,62?,73+,74+,75+/m0/s1. The van der Waals surface area contributed by atoms with Crippen LogP contribution in [0, 0.1) is 22.7 Å². The zero-order valence-electron chi connectivity index (χ0n) is 60.1. The number of hydrogen-bond donors (Lipinski definition) is 14. The number of phenolic OH excluding ortho intramolecular Hbond substituents is 1. The van der Waals surface area contributed by atoms with Crippen LogP contribution < -0.4 is 49.5 Å². The van der Waals surface area contributed by atoms with Crippen LogP contribution >= 0.6 is 0 Å². The van der Waals surface area contributed by atoms with E-state index in [1.807, 2.05) is 0 Å². The van der Waals surface area contributed by atoms with Crippen LogP contribution in [-0.2, 0) is 73.3 Å². The Morgan fingerprint density at radius 1 is 0.717 bits per heavy atom. The molecule has 4 aromatic rings. The molecule has 1 heterocycles. The van der Waals surface area contributed by atoms with Crippen molar-refractivity contribution < 1.29 is 102 Å². The predicted molar refractivity (Wildman–Crippen MR) is 379 cm³/mol. The van der Waals surface area contributed by atoms with Gasteiger partial charge in [0.15, 0.2) is 17.3 Å². The van der Waals surface area contributed by atoms with Crippen LogP contribution in [0.1, 0.15) is 138 Å². The van der Waals surface area contributed by atoms with Gasteiger partial charge in [-0.3, -0.25) is 43.3 Å². The number of aliphatic hydroxyl groups is 3. The molecule has 3 aliphatic carbocycles. The normalized spacial score (nSPS) is 24.7. The van der Waals surface area contributed by atoms with Crippen LogP contribution in [0.25, 0.3) is 0 Å². The second kappa shape index (κ2) is 34.8. The summed E-state index contributed by atoms with van der Waals surface area (Å²) in [4.78, 5) is 163. The van der Waals surface area contributed by atoms with Gasteiger partial charge in [0.2, 0.25) is 29.7 Å². The van der Waals surface area contributed by atoms with E-state index in [-0.39, 0.29) is 77.5 Å². The van der Waals surface area contributed by atoms with Crippen molar-refractivity contribution in [3.63, 3.8) is 0 Å². The molecule has 0 radical (unpaired) electrons. The number of aliphatic imine (C=N–C) groups is 1. The number of aliphatic hydroxyl groups excluding tert-OH is 2. The number of guanidine groups is 1. The minimum absolute atomic E-state index is 0.0265. The number of ketones is 1. The number of aliphatic carboxylic acids is 1.